The third-order valence-corrected chi connectivity index (χ3v) is 2.52. The molecule has 0 saturated carbocycles. The first kappa shape index (κ1) is 13.4. The van der Waals surface area contributed by atoms with E-state index in [-0.39, 0.29) is 17.0 Å². The Labute approximate surface area is 102 Å². The number of hydrogen-bond acceptors (Lipinski definition) is 2. The Balaban J connectivity index is 2.94. The fourth-order valence-corrected chi connectivity index (χ4v) is 1.53. The van der Waals surface area contributed by atoms with Gasteiger partial charge in [-0.1, -0.05) is 24.6 Å². The molecule has 1 aromatic rings. The number of carbonyl (C=O) groups excluding carboxylic acids is 1. The molecular weight excluding hydrogens is 249 g/mol. The predicted octanol–water partition coefficient (Wildman–Crippen LogP) is 2.07. The average molecular weight is 260 g/mol. The van der Waals surface area contributed by atoms with Crippen molar-refractivity contribution in [2.24, 2.45) is 0 Å². The molecule has 0 fully saturated rings. The molecule has 1 aromatic carbocycles. The van der Waals surface area contributed by atoms with Gasteiger partial charge < -0.3 is 10.4 Å². The molecule has 0 bridgehead atoms. The van der Waals surface area contributed by atoms with E-state index in [1.165, 1.54) is 12.1 Å². The summed E-state index contributed by atoms with van der Waals surface area (Å²) in [5.74, 6) is -2.79. The molecule has 92 valence electrons. The molecule has 1 atom stereocenters. The molecule has 2 N–H and O–H groups in total. The maximum atomic E-state index is 13.4. The zero-order valence-electron chi connectivity index (χ0n) is 9.04. The van der Waals surface area contributed by atoms with Crippen LogP contribution in [-0.4, -0.2) is 23.0 Å². The second kappa shape index (κ2) is 5.63. The van der Waals surface area contributed by atoms with Crippen LogP contribution in [0.5, 0.6) is 0 Å². The largest absolute Gasteiger partial charge is 0.480 e. The lowest BCUT2D eigenvalue weighted by Crippen LogP contribution is -2.40. The van der Waals surface area contributed by atoms with Gasteiger partial charge >= 0.3 is 5.97 Å². The van der Waals surface area contributed by atoms with E-state index in [2.05, 4.69) is 5.32 Å². The minimum Gasteiger partial charge on any atom is -0.480 e. The zero-order chi connectivity index (χ0) is 13.0. The molecule has 1 amide bonds. The summed E-state index contributed by atoms with van der Waals surface area (Å²) >= 11 is 5.68. The highest BCUT2D eigenvalue weighted by atomic mass is 35.5. The van der Waals surface area contributed by atoms with E-state index in [9.17, 15) is 14.0 Å². The number of carbonyl (C=O) groups is 2. The van der Waals surface area contributed by atoms with Crippen LogP contribution < -0.4 is 5.32 Å². The molecule has 0 aromatic heterocycles. The number of rotatable bonds is 4. The molecule has 0 aliphatic carbocycles. The third kappa shape index (κ3) is 3.17. The minimum atomic E-state index is -1.17. The minimum absolute atomic E-state index is 0.0530. The Morgan fingerprint density at radius 1 is 1.53 bits per heavy atom. The molecule has 6 heteroatoms. The van der Waals surface area contributed by atoms with Gasteiger partial charge in [-0.3, -0.25) is 4.79 Å². The fraction of sp³-hybridized carbons (Fsp3) is 0.273. The Morgan fingerprint density at radius 2 is 2.18 bits per heavy atom. The molecule has 0 unspecified atom stereocenters. The number of aliphatic carboxylic acids is 1. The molecule has 1 rings (SSSR count). The van der Waals surface area contributed by atoms with Crippen molar-refractivity contribution in [1.82, 2.24) is 5.32 Å². The predicted molar refractivity (Wildman–Crippen MR) is 60.6 cm³/mol. The van der Waals surface area contributed by atoms with Gasteiger partial charge in [-0.2, -0.15) is 0 Å². The highest BCUT2D eigenvalue weighted by molar-refractivity contribution is 6.33. The fourth-order valence-electron chi connectivity index (χ4n) is 1.28. The van der Waals surface area contributed by atoms with Gasteiger partial charge in [0.15, 0.2) is 0 Å². The van der Waals surface area contributed by atoms with Crippen molar-refractivity contribution in [1.29, 1.82) is 0 Å². The number of benzene rings is 1. The smallest absolute Gasteiger partial charge is 0.326 e. The van der Waals surface area contributed by atoms with Crippen molar-refractivity contribution < 1.29 is 19.1 Å². The molecule has 0 aliphatic heterocycles. The monoisotopic (exact) mass is 259 g/mol. The first-order valence-electron chi connectivity index (χ1n) is 4.95. The summed E-state index contributed by atoms with van der Waals surface area (Å²) in [6.07, 6.45) is 0.202. The molecule has 0 heterocycles. The van der Waals surface area contributed by atoms with Crippen LogP contribution in [0.25, 0.3) is 0 Å². The van der Waals surface area contributed by atoms with Gasteiger partial charge in [0.2, 0.25) is 0 Å². The SMILES string of the molecule is CC[C@H](NC(=O)c1c(F)cccc1Cl)C(=O)O. The number of carboxylic acids is 1. The van der Waals surface area contributed by atoms with Crippen molar-refractivity contribution in [2.75, 3.05) is 0 Å². The molecule has 0 spiro atoms. The normalized spacial score (nSPS) is 11.9. The lowest BCUT2D eigenvalue weighted by atomic mass is 10.1. The van der Waals surface area contributed by atoms with E-state index in [1.807, 2.05) is 0 Å². The van der Waals surface area contributed by atoms with Crippen molar-refractivity contribution in [2.45, 2.75) is 19.4 Å². The second-order valence-corrected chi connectivity index (χ2v) is 3.78. The zero-order valence-corrected chi connectivity index (χ0v) is 9.79. The Bertz CT molecular complexity index is 430. The van der Waals surface area contributed by atoms with Crippen LogP contribution in [0.4, 0.5) is 4.39 Å². The van der Waals surface area contributed by atoms with E-state index in [4.69, 9.17) is 16.7 Å². The molecule has 17 heavy (non-hydrogen) atoms. The number of nitrogens with one attached hydrogen (secondary N) is 1. The number of halogens is 2. The van der Waals surface area contributed by atoms with Crippen molar-refractivity contribution in [3.8, 4) is 0 Å². The summed E-state index contributed by atoms with van der Waals surface area (Å²) in [6, 6.07) is 2.75. The van der Waals surface area contributed by atoms with Gasteiger partial charge in [0, 0.05) is 0 Å². The van der Waals surface area contributed by atoms with Crippen LogP contribution in [0.1, 0.15) is 23.7 Å². The molecule has 0 radical (unpaired) electrons. The van der Waals surface area contributed by atoms with Crippen LogP contribution in [-0.2, 0) is 4.79 Å². The lowest BCUT2D eigenvalue weighted by molar-refractivity contribution is -0.139. The molecule has 4 nitrogen and oxygen atoms in total. The topological polar surface area (TPSA) is 66.4 Å². The number of amides is 1. The maximum Gasteiger partial charge on any atom is 0.326 e. The van der Waals surface area contributed by atoms with Gasteiger partial charge in [-0.05, 0) is 18.6 Å². The summed E-state index contributed by atoms with van der Waals surface area (Å²) < 4.78 is 13.4. The Kier molecular flexibility index (Phi) is 4.45. The van der Waals surface area contributed by atoms with E-state index in [0.717, 1.165) is 6.07 Å². The van der Waals surface area contributed by atoms with Gasteiger partial charge in [-0.25, -0.2) is 9.18 Å². The van der Waals surface area contributed by atoms with Gasteiger partial charge in [0.1, 0.15) is 11.9 Å². The van der Waals surface area contributed by atoms with E-state index >= 15 is 0 Å². The average Bonchev–Trinajstić information content (AvgIpc) is 2.25. The first-order chi connectivity index (χ1) is 7.97. The first-order valence-corrected chi connectivity index (χ1v) is 5.32. The van der Waals surface area contributed by atoms with Crippen molar-refractivity contribution in [3.05, 3.63) is 34.6 Å². The summed E-state index contributed by atoms with van der Waals surface area (Å²) in [6.45, 7) is 1.60. The summed E-state index contributed by atoms with van der Waals surface area (Å²) in [5.41, 5.74) is -0.339. The number of carboxylic acid groups (broad SMARTS) is 1. The standard InChI is InChI=1S/C11H11ClFNO3/c1-2-8(11(16)17)14-10(15)9-6(12)4-3-5-7(9)13/h3-5,8H,2H2,1H3,(H,14,15)(H,16,17)/t8-/m0/s1. The molecule has 0 saturated heterocycles. The van der Waals surface area contributed by atoms with Crippen LogP contribution in [0.2, 0.25) is 5.02 Å². The van der Waals surface area contributed by atoms with Crippen LogP contribution in [0.15, 0.2) is 18.2 Å². The maximum absolute atomic E-state index is 13.4. The van der Waals surface area contributed by atoms with E-state index in [1.54, 1.807) is 6.92 Å². The van der Waals surface area contributed by atoms with Crippen LogP contribution in [0.3, 0.4) is 0 Å². The van der Waals surface area contributed by atoms with Gasteiger partial charge in [0.25, 0.3) is 5.91 Å². The van der Waals surface area contributed by atoms with Gasteiger partial charge in [-0.15, -0.1) is 0 Å². The lowest BCUT2D eigenvalue weighted by Gasteiger charge is -2.13. The van der Waals surface area contributed by atoms with E-state index in [0.29, 0.717) is 0 Å². The van der Waals surface area contributed by atoms with E-state index < -0.39 is 23.7 Å². The third-order valence-electron chi connectivity index (χ3n) is 2.20. The summed E-state index contributed by atoms with van der Waals surface area (Å²) in [5, 5.41) is 10.9. The second-order valence-electron chi connectivity index (χ2n) is 3.37. The Hall–Kier alpha value is -1.62. The molecular formula is C11H11ClFNO3. The quantitative estimate of drug-likeness (QED) is 0.870. The van der Waals surface area contributed by atoms with Crippen molar-refractivity contribution >= 4 is 23.5 Å². The molecule has 0 aliphatic rings. The summed E-state index contributed by atoms with van der Waals surface area (Å²) in [7, 11) is 0. The van der Waals surface area contributed by atoms with Crippen LogP contribution in [0, 0.1) is 5.82 Å². The van der Waals surface area contributed by atoms with Crippen molar-refractivity contribution in [3.63, 3.8) is 0 Å². The summed E-state index contributed by atoms with van der Waals surface area (Å²) in [4.78, 5) is 22.4. The van der Waals surface area contributed by atoms with Gasteiger partial charge in [0.05, 0.1) is 10.6 Å². The highest BCUT2D eigenvalue weighted by Gasteiger charge is 2.22. The highest BCUT2D eigenvalue weighted by Crippen LogP contribution is 2.18. The van der Waals surface area contributed by atoms with Crippen LogP contribution >= 0.6 is 11.6 Å². The Morgan fingerprint density at radius 3 is 2.65 bits per heavy atom. The number of hydrogen-bond donors (Lipinski definition) is 2.